The Kier molecular flexibility index (Phi) is 3.49. The van der Waals surface area contributed by atoms with Gasteiger partial charge >= 0.3 is 0 Å². The van der Waals surface area contributed by atoms with E-state index >= 15 is 0 Å². The van der Waals surface area contributed by atoms with Crippen LogP contribution in [0.15, 0.2) is 24.3 Å². The molecule has 0 bridgehead atoms. The van der Waals surface area contributed by atoms with E-state index in [-0.39, 0.29) is 12.5 Å². The van der Waals surface area contributed by atoms with Crippen LogP contribution in [-0.4, -0.2) is 33.2 Å². The SMILES string of the molecule is COc1ccc(-c2nnnn2CC(=O)NN)cc1. The first-order chi connectivity index (χ1) is 8.74. The number of rotatable bonds is 4. The Labute approximate surface area is 103 Å². The van der Waals surface area contributed by atoms with Crippen molar-refractivity contribution in [1.82, 2.24) is 25.6 Å². The van der Waals surface area contributed by atoms with Crippen molar-refractivity contribution < 1.29 is 9.53 Å². The van der Waals surface area contributed by atoms with Crippen LogP contribution in [0.5, 0.6) is 5.75 Å². The predicted molar refractivity (Wildman–Crippen MR) is 62.1 cm³/mol. The summed E-state index contributed by atoms with van der Waals surface area (Å²) in [6.45, 7) is -0.0368. The molecule has 0 radical (unpaired) electrons. The molecule has 8 heteroatoms. The molecular formula is C10H12N6O2. The van der Waals surface area contributed by atoms with Gasteiger partial charge in [-0.25, -0.2) is 10.5 Å². The lowest BCUT2D eigenvalue weighted by atomic mass is 10.2. The predicted octanol–water partition coefficient (Wildman–Crippen LogP) is -0.661. The molecule has 18 heavy (non-hydrogen) atoms. The minimum atomic E-state index is -0.378. The Balaban J connectivity index is 2.27. The van der Waals surface area contributed by atoms with Crippen molar-refractivity contribution in [2.24, 2.45) is 5.84 Å². The summed E-state index contributed by atoms with van der Waals surface area (Å²) in [4.78, 5) is 11.2. The van der Waals surface area contributed by atoms with E-state index in [4.69, 9.17) is 10.6 Å². The molecule has 0 unspecified atom stereocenters. The number of hydrazine groups is 1. The fourth-order valence-corrected chi connectivity index (χ4v) is 1.44. The summed E-state index contributed by atoms with van der Waals surface area (Å²) in [5, 5.41) is 11.1. The van der Waals surface area contributed by atoms with Crippen molar-refractivity contribution in [2.75, 3.05) is 7.11 Å². The molecule has 2 rings (SSSR count). The molecule has 0 aliphatic rings. The number of nitrogens with two attached hydrogens (primary N) is 1. The number of carbonyl (C=O) groups excluding carboxylic acids is 1. The fraction of sp³-hybridized carbons (Fsp3) is 0.200. The third-order valence-corrected chi connectivity index (χ3v) is 2.33. The second-order valence-electron chi connectivity index (χ2n) is 3.46. The van der Waals surface area contributed by atoms with Gasteiger partial charge in [-0.2, -0.15) is 0 Å². The molecule has 1 amide bonds. The lowest BCUT2D eigenvalue weighted by Gasteiger charge is -2.04. The van der Waals surface area contributed by atoms with Gasteiger partial charge in [0.15, 0.2) is 5.82 Å². The quantitative estimate of drug-likeness (QED) is 0.422. The first-order valence-corrected chi connectivity index (χ1v) is 5.14. The number of ether oxygens (including phenoxy) is 1. The van der Waals surface area contributed by atoms with Gasteiger partial charge in [0.1, 0.15) is 12.3 Å². The minimum absolute atomic E-state index is 0.0368. The highest BCUT2D eigenvalue weighted by Gasteiger charge is 2.11. The highest BCUT2D eigenvalue weighted by molar-refractivity contribution is 5.75. The number of aromatic nitrogens is 4. The summed E-state index contributed by atoms with van der Waals surface area (Å²) in [6, 6.07) is 7.19. The van der Waals surface area contributed by atoms with Crippen molar-refractivity contribution >= 4 is 5.91 Å². The van der Waals surface area contributed by atoms with E-state index in [1.54, 1.807) is 31.4 Å². The zero-order valence-corrected chi connectivity index (χ0v) is 9.70. The maximum absolute atomic E-state index is 11.2. The summed E-state index contributed by atoms with van der Waals surface area (Å²) >= 11 is 0. The highest BCUT2D eigenvalue weighted by atomic mass is 16.5. The normalized spacial score (nSPS) is 10.1. The van der Waals surface area contributed by atoms with Gasteiger partial charge in [-0.05, 0) is 34.7 Å². The summed E-state index contributed by atoms with van der Waals surface area (Å²) in [5.41, 5.74) is 2.81. The summed E-state index contributed by atoms with van der Waals surface area (Å²) < 4.78 is 6.42. The highest BCUT2D eigenvalue weighted by Crippen LogP contribution is 2.19. The number of hydrogen-bond donors (Lipinski definition) is 2. The van der Waals surface area contributed by atoms with Crippen LogP contribution in [0, 0.1) is 0 Å². The maximum Gasteiger partial charge on any atom is 0.255 e. The molecule has 0 saturated heterocycles. The van der Waals surface area contributed by atoms with Gasteiger partial charge in [-0.15, -0.1) is 5.10 Å². The zero-order chi connectivity index (χ0) is 13.0. The van der Waals surface area contributed by atoms with E-state index in [0.717, 1.165) is 11.3 Å². The molecule has 1 aromatic carbocycles. The molecule has 1 heterocycles. The average molecular weight is 248 g/mol. The third kappa shape index (κ3) is 2.43. The van der Waals surface area contributed by atoms with Gasteiger partial charge in [0, 0.05) is 5.56 Å². The Morgan fingerprint density at radius 2 is 2.17 bits per heavy atom. The summed E-state index contributed by atoms with van der Waals surface area (Å²) in [7, 11) is 1.59. The van der Waals surface area contributed by atoms with Gasteiger partial charge < -0.3 is 4.74 Å². The van der Waals surface area contributed by atoms with Crippen LogP contribution in [0.25, 0.3) is 11.4 Å². The number of tetrazole rings is 1. The smallest absolute Gasteiger partial charge is 0.255 e. The monoisotopic (exact) mass is 248 g/mol. The van der Waals surface area contributed by atoms with Crippen LogP contribution >= 0.6 is 0 Å². The van der Waals surface area contributed by atoms with E-state index in [9.17, 15) is 4.79 Å². The minimum Gasteiger partial charge on any atom is -0.497 e. The molecule has 0 atom stereocenters. The van der Waals surface area contributed by atoms with Crippen molar-refractivity contribution in [3.63, 3.8) is 0 Å². The Morgan fingerprint density at radius 1 is 1.44 bits per heavy atom. The Bertz CT molecular complexity index is 536. The number of nitrogens with one attached hydrogen (secondary N) is 1. The number of amides is 1. The van der Waals surface area contributed by atoms with Crippen LogP contribution in [0.2, 0.25) is 0 Å². The van der Waals surface area contributed by atoms with Crippen molar-refractivity contribution in [3.8, 4) is 17.1 Å². The molecule has 8 nitrogen and oxygen atoms in total. The molecule has 94 valence electrons. The Morgan fingerprint density at radius 3 is 2.78 bits per heavy atom. The van der Waals surface area contributed by atoms with Gasteiger partial charge in [0.05, 0.1) is 7.11 Å². The molecule has 0 saturated carbocycles. The van der Waals surface area contributed by atoms with Gasteiger partial charge in [0.2, 0.25) is 0 Å². The largest absolute Gasteiger partial charge is 0.497 e. The van der Waals surface area contributed by atoms with E-state index in [1.807, 2.05) is 5.43 Å². The second-order valence-corrected chi connectivity index (χ2v) is 3.46. The van der Waals surface area contributed by atoms with Gasteiger partial charge in [-0.3, -0.25) is 10.2 Å². The van der Waals surface area contributed by atoms with Crippen molar-refractivity contribution in [3.05, 3.63) is 24.3 Å². The third-order valence-electron chi connectivity index (χ3n) is 2.33. The van der Waals surface area contributed by atoms with Gasteiger partial charge in [0.25, 0.3) is 5.91 Å². The first kappa shape index (κ1) is 12.0. The number of methoxy groups -OCH3 is 1. The molecule has 2 aromatic rings. The molecule has 0 aliphatic heterocycles. The maximum atomic E-state index is 11.2. The van der Waals surface area contributed by atoms with E-state index < -0.39 is 0 Å². The van der Waals surface area contributed by atoms with E-state index in [0.29, 0.717) is 5.82 Å². The molecular weight excluding hydrogens is 236 g/mol. The van der Waals surface area contributed by atoms with Crippen LogP contribution in [0.3, 0.4) is 0 Å². The molecule has 0 aliphatic carbocycles. The summed E-state index contributed by atoms with van der Waals surface area (Å²) in [5.74, 6) is 5.86. The molecule has 1 aromatic heterocycles. The number of nitrogens with zero attached hydrogens (tertiary/aromatic N) is 4. The zero-order valence-electron chi connectivity index (χ0n) is 9.70. The number of benzene rings is 1. The van der Waals surface area contributed by atoms with E-state index in [2.05, 4.69) is 15.5 Å². The molecule has 0 spiro atoms. The van der Waals surface area contributed by atoms with Crippen molar-refractivity contribution in [2.45, 2.75) is 6.54 Å². The number of carbonyl (C=O) groups is 1. The lowest BCUT2D eigenvalue weighted by molar-refractivity contribution is -0.121. The first-order valence-electron chi connectivity index (χ1n) is 5.14. The van der Waals surface area contributed by atoms with Crippen LogP contribution in [0.1, 0.15) is 0 Å². The second kappa shape index (κ2) is 5.23. The average Bonchev–Trinajstić information content (AvgIpc) is 2.86. The number of hydrogen-bond acceptors (Lipinski definition) is 6. The van der Waals surface area contributed by atoms with Crippen LogP contribution in [0.4, 0.5) is 0 Å². The standard InChI is InChI=1S/C10H12N6O2/c1-18-8-4-2-7(3-5-8)10-13-14-15-16(10)6-9(17)12-11/h2-5H,6,11H2,1H3,(H,12,17). The lowest BCUT2D eigenvalue weighted by Crippen LogP contribution is -2.33. The fourth-order valence-electron chi connectivity index (χ4n) is 1.44. The molecule has 0 fully saturated rings. The van der Waals surface area contributed by atoms with E-state index in [1.165, 1.54) is 4.68 Å². The summed E-state index contributed by atoms with van der Waals surface area (Å²) in [6.07, 6.45) is 0. The molecule has 3 N–H and O–H groups in total. The van der Waals surface area contributed by atoms with Crippen LogP contribution < -0.4 is 16.0 Å². The van der Waals surface area contributed by atoms with Gasteiger partial charge in [-0.1, -0.05) is 0 Å². The van der Waals surface area contributed by atoms with Crippen LogP contribution in [-0.2, 0) is 11.3 Å². The van der Waals surface area contributed by atoms with Crippen molar-refractivity contribution in [1.29, 1.82) is 0 Å². The Hall–Kier alpha value is -2.48. The topological polar surface area (TPSA) is 108 Å².